The highest BCUT2D eigenvalue weighted by molar-refractivity contribution is 7.14. The van der Waals surface area contributed by atoms with Crippen molar-refractivity contribution in [2.45, 2.75) is 6.54 Å². The van der Waals surface area contributed by atoms with Crippen LogP contribution in [0.25, 0.3) is 15.7 Å². The van der Waals surface area contributed by atoms with Crippen LogP contribution >= 0.6 is 11.3 Å². The minimum absolute atomic E-state index is 0.140. The van der Waals surface area contributed by atoms with Crippen LogP contribution in [-0.2, 0) is 11.3 Å². The SMILES string of the molecule is COC(=O)c1ccc2ccn(Cc3cc(=O)n4ncsc4n3)c(=O)c2c1. The minimum atomic E-state index is -0.507. The number of carbonyl (C=O) groups is 1. The molecule has 0 bridgehead atoms. The maximum Gasteiger partial charge on any atom is 0.337 e. The zero-order valence-electron chi connectivity index (χ0n) is 13.6. The van der Waals surface area contributed by atoms with E-state index in [4.69, 9.17) is 4.74 Å². The topological polar surface area (TPSA) is 95.6 Å². The van der Waals surface area contributed by atoms with Crippen molar-refractivity contribution in [2.24, 2.45) is 0 Å². The molecule has 0 saturated carbocycles. The van der Waals surface area contributed by atoms with Crippen LogP contribution in [0.3, 0.4) is 0 Å². The molecule has 0 amide bonds. The third-order valence-corrected chi connectivity index (χ3v) is 4.65. The highest BCUT2D eigenvalue weighted by atomic mass is 32.1. The second-order valence-electron chi connectivity index (χ2n) is 5.56. The fraction of sp³-hybridized carbons (Fsp3) is 0.118. The summed E-state index contributed by atoms with van der Waals surface area (Å²) >= 11 is 1.24. The second-order valence-corrected chi connectivity index (χ2v) is 6.37. The molecule has 0 aliphatic carbocycles. The van der Waals surface area contributed by atoms with Crippen molar-refractivity contribution in [3.05, 3.63) is 74.0 Å². The molecule has 1 aromatic carbocycles. The van der Waals surface area contributed by atoms with E-state index in [1.165, 1.54) is 45.2 Å². The number of aromatic nitrogens is 4. The van der Waals surface area contributed by atoms with Gasteiger partial charge in [-0.25, -0.2) is 9.78 Å². The number of hydrogen-bond acceptors (Lipinski definition) is 7. The van der Waals surface area contributed by atoms with Gasteiger partial charge in [-0.3, -0.25) is 9.59 Å². The van der Waals surface area contributed by atoms with Gasteiger partial charge in [0.1, 0.15) is 5.51 Å². The van der Waals surface area contributed by atoms with Gasteiger partial charge < -0.3 is 9.30 Å². The molecule has 3 aromatic heterocycles. The Balaban J connectivity index is 1.80. The van der Waals surface area contributed by atoms with Crippen LogP contribution in [0.15, 0.2) is 51.6 Å². The Bertz CT molecular complexity index is 1270. The van der Waals surface area contributed by atoms with Gasteiger partial charge in [0, 0.05) is 17.6 Å². The van der Waals surface area contributed by atoms with Gasteiger partial charge in [0.25, 0.3) is 11.1 Å². The third-order valence-electron chi connectivity index (χ3n) is 3.97. The smallest absolute Gasteiger partial charge is 0.337 e. The standard InChI is InChI=1S/C17H12N4O4S/c1-25-16(24)11-3-2-10-4-5-20(15(23)13(10)6-11)8-12-7-14(22)21-17(19-12)26-9-18-21/h2-7,9H,8H2,1H3. The van der Waals surface area contributed by atoms with Gasteiger partial charge in [-0.05, 0) is 23.6 Å². The maximum atomic E-state index is 12.8. The number of hydrogen-bond donors (Lipinski definition) is 0. The molecule has 0 aliphatic rings. The highest BCUT2D eigenvalue weighted by Crippen LogP contribution is 2.14. The molecule has 0 N–H and O–H groups in total. The lowest BCUT2D eigenvalue weighted by molar-refractivity contribution is 0.0601. The van der Waals surface area contributed by atoms with E-state index in [2.05, 4.69) is 10.1 Å². The van der Waals surface area contributed by atoms with Crippen LogP contribution in [0.4, 0.5) is 0 Å². The molecule has 4 rings (SSSR count). The molecule has 0 saturated heterocycles. The predicted octanol–water partition coefficient (Wildman–Crippen LogP) is 1.30. The molecular formula is C17H12N4O4S. The summed E-state index contributed by atoms with van der Waals surface area (Å²) in [6.07, 6.45) is 1.64. The summed E-state index contributed by atoms with van der Waals surface area (Å²) in [5, 5.41) is 5.01. The molecule has 4 aromatic rings. The summed E-state index contributed by atoms with van der Waals surface area (Å²) in [6, 6.07) is 7.94. The summed E-state index contributed by atoms with van der Waals surface area (Å²) in [5.74, 6) is -0.507. The molecule has 0 spiro atoms. The van der Waals surface area contributed by atoms with Crippen molar-refractivity contribution in [3.63, 3.8) is 0 Å². The Kier molecular flexibility index (Phi) is 3.85. The van der Waals surface area contributed by atoms with E-state index in [1.54, 1.807) is 24.4 Å². The monoisotopic (exact) mass is 368 g/mol. The Morgan fingerprint density at radius 3 is 2.88 bits per heavy atom. The summed E-state index contributed by atoms with van der Waals surface area (Å²) in [6.45, 7) is 0.140. The van der Waals surface area contributed by atoms with Gasteiger partial charge in [0.2, 0.25) is 4.96 Å². The molecular weight excluding hydrogens is 356 g/mol. The van der Waals surface area contributed by atoms with Gasteiger partial charge in [0.15, 0.2) is 0 Å². The van der Waals surface area contributed by atoms with Gasteiger partial charge in [-0.1, -0.05) is 17.4 Å². The lowest BCUT2D eigenvalue weighted by Gasteiger charge is -2.08. The van der Waals surface area contributed by atoms with Gasteiger partial charge >= 0.3 is 5.97 Å². The summed E-state index contributed by atoms with van der Waals surface area (Å²) in [5.41, 5.74) is 1.72. The zero-order chi connectivity index (χ0) is 18.3. The number of nitrogens with zero attached hydrogens (tertiary/aromatic N) is 4. The fourth-order valence-corrected chi connectivity index (χ4v) is 3.35. The van der Waals surface area contributed by atoms with Gasteiger partial charge in [0.05, 0.1) is 24.9 Å². The third kappa shape index (κ3) is 2.68. The van der Waals surface area contributed by atoms with Gasteiger partial charge in [-0.15, -0.1) is 0 Å². The summed E-state index contributed by atoms with van der Waals surface area (Å²) < 4.78 is 7.35. The van der Waals surface area contributed by atoms with Crippen molar-refractivity contribution >= 4 is 33.0 Å². The first-order valence-corrected chi connectivity index (χ1v) is 8.49. The molecule has 130 valence electrons. The highest BCUT2D eigenvalue weighted by Gasteiger charge is 2.11. The van der Waals surface area contributed by atoms with Crippen molar-refractivity contribution < 1.29 is 9.53 Å². The molecule has 0 fully saturated rings. The first kappa shape index (κ1) is 16.2. The van der Waals surface area contributed by atoms with Crippen molar-refractivity contribution in [2.75, 3.05) is 7.11 Å². The maximum absolute atomic E-state index is 12.8. The van der Waals surface area contributed by atoms with E-state index >= 15 is 0 Å². The number of rotatable bonds is 3. The van der Waals surface area contributed by atoms with E-state index in [9.17, 15) is 14.4 Å². The largest absolute Gasteiger partial charge is 0.465 e. The van der Waals surface area contributed by atoms with Crippen LogP contribution in [0, 0.1) is 0 Å². The number of fused-ring (bicyclic) bond motifs is 2. The first-order valence-electron chi connectivity index (χ1n) is 7.61. The average Bonchev–Trinajstić information content (AvgIpc) is 3.12. The normalized spacial score (nSPS) is 11.1. The lowest BCUT2D eigenvalue weighted by atomic mass is 10.1. The van der Waals surface area contributed by atoms with E-state index in [-0.39, 0.29) is 17.7 Å². The molecule has 3 heterocycles. The number of benzene rings is 1. The Morgan fingerprint density at radius 2 is 2.08 bits per heavy atom. The van der Waals surface area contributed by atoms with Crippen LogP contribution in [0.2, 0.25) is 0 Å². The average molecular weight is 368 g/mol. The van der Waals surface area contributed by atoms with E-state index in [1.807, 2.05) is 0 Å². The van der Waals surface area contributed by atoms with E-state index < -0.39 is 5.97 Å². The Morgan fingerprint density at radius 1 is 1.23 bits per heavy atom. The Labute approximate surface area is 149 Å². The summed E-state index contributed by atoms with van der Waals surface area (Å²) in [7, 11) is 1.29. The Hall–Kier alpha value is -3.33. The first-order chi connectivity index (χ1) is 12.6. The molecule has 8 nitrogen and oxygen atoms in total. The summed E-state index contributed by atoms with van der Waals surface area (Å²) in [4.78, 5) is 41.3. The number of carbonyl (C=O) groups excluding carboxylic acids is 1. The minimum Gasteiger partial charge on any atom is -0.465 e. The molecule has 9 heteroatoms. The number of esters is 1. The molecule has 0 aliphatic heterocycles. The quantitative estimate of drug-likeness (QED) is 0.506. The van der Waals surface area contributed by atoms with Crippen molar-refractivity contribution in [3.8, 4) is 0 Å². The number of pyridine rings is 1. The van der Waals surface area contributed by atoms with Gasteiger partial charge in [-0.2, -0.15) is 9.61 Å². The molecule has 0 radical (unpaired) electrons. The number of ether oxygens (including phenoxy) is 1. The zero-order valence-corrected chi connectivity index (χ0v) is 14.4. The molecule has 0 atom stereocenters. The van der Waals surface area contributed by atoms with Crippen molar-refractivity contribution in [1.29, 1.82) is 0 Å². The lowest BCUT2D eigenvalue weighted by Crippen LogP contribution is -2.23. The predicted molar refractivity (Wildman–Crippen MR) is 95.8 cm³/mol. The molecule has 0 unspecified atom stereocenters. The molecule has 26 heavy (non-hydrogen) atoms. The van der Waals surface area contributed by atoms with E-state index in [0.717, 1.165) is 0 Å². The van der Waals surface area contributed by atoms with Crippen molar-refractivity contribution in [1.82, 2.24) is 19.2 Å². The van der Waals surface area contributed by atoms with E-state index in [0.29, 0.717) is 27.0 Å². The fourth-order valence-electron chi connectivity index (χ4n) is 2.71. The second kappa shape index (κ2) is 6.19. The van der Waals surface area contributed by atoms with Crippen LogP contribution < -0.4 is 11.1 Å². The van der Waals surface area contributed by atoms with Crippen LogP contribution in [0.1, 0.15) is 16.1 Å². The van der Waals surface area contributed by atoms with Crippen LogP contribution in [-0.4, -0.2) is 32.2 Å². The van der Waals surface area contributed by atoms with Crippen LogP contribution in [0.5, 0.6) is 0 Å². The number of methoxy groups -OCH3 is 1.